The van der Waals surface area contributed by atoms with E-state index in [2.05, 4.69) is 102 Å². The molecule has 0 saturated carbocycles. The first-order valence-corrected chi connectivity index (χ1v) is 18.6. The molecule has 10 aromatic rings. The van der Waals surface area contributed by atoms with Gasteiger partial charge in [0.15, 0.2) is 17.5 Å². The minimum absolute atomic E-state index is 0.0993. The van der Waals surface area contributed by atoms with E-state index in [1.165, 1.54) is 10.8 Å². The van der Waals surface area contributed by atoms with Crippen LogP contribution in [0, 0.1) is 0 Å². The number of allylic oxidation sites excluding steroid dienone is 2. The lowest BCUT2D eigenvalue weighted by molar-refractivity contribution is 0.273. The van der Waals surface area contributed by atoms with E-state index < -0.39 is 0 Å². The summed E-state index contributed by atoms with van der Waals surface area (Å²) in [5.41, 5.74) is 8.89. The van der Waals surface area contributed by atoms with Crippen LogP contribution in [-0.2, 0) is 0 Å². The van der Waals surface area contributed by atoms with Gasteiger partial charge in [0.2, 0.25) is 0 Å². The summed E-state index contributed by atoms with van der Waals surface area (Å²) < 4.78 is 16.0. The average Bonchev–Trinajstić information content (AvgIpc) is 3.92. The van der Waals surface area contributed by atoms with Gasteiger partial charge in [-0.15, -0.1) is 0 Å². The quantitative estimate of drug-likeness (QED) is 0.182. The summed E-state index contributed by atoms with van der Waals surface area (Å²) in [6.07, 6.45) is 4.16. The lowest BCUT2D eigenvalue weighted by Gasteiger charge is -2.27. The Hall–Kier alpha value is -7.31. The number of nitrogens with zero attached hydrogens (tertiary/aromatic N) is 4. The van der Waals surface area contributed by atoms with E-state index in [1.807, 2.05) is 72.8 Å². The highest BCUT2D eigenvalue weighted by Gasteiger charge is 2.41. The summed E-state index contributed by atoms with van der Waals surface area (Å²) in [5.74, 6) is 2.65. The van der Waals surface area contributed by atoms with E-state index in [-0.39, 0.29) is 12.0 Å². The molecule has 0 spiro atoms. The van der Waals surface area contributed by atoms with Crippen molar-refractivity contribution in [2.24, 2.45) is 0 Å². The van der Waals surface area contributed by atoms with Gasteiger partial charge in [0, 0.05) is 61.0 Å². The maximum atomic E-state index is 7.05. The van der Waals surface area contributed by atoms with Crippen molar-refractivity contribution in [3.05, 3.63) is 181 Å². The van der Waals surface area contributed by atoms with E-state index in [4.69, 9.17) is 24.1 Å². The molecule has 0 amide bonds. The Kier molecular flexibility index (Phi) is 6.36. The van der Waals surface area contributed by atoms with Crippen molar-refractivity contribution in [3.63, 3.8) is 0 Å². The van der Waals surface area contributed by atoms with E-state index >= 15 is 0 Å². The van der Waals surface area contributed by atoms with Gasteiger partial charge >= 0.3 is 0 Å². The highest BCUT2D eigenvalue weighted by atomic mass is 16.5. The van der Waals surface area contributed by atoms with Crippen LogP contribution >= 0.6 is 0 Å². The van der Waals surface area contributed by atoms with E-state index in [0.29, 0.717) is 17.5 Å². The van der Waals surface area contributed by atoms with Gasteiger partial charge in [-0.25, -0.2) is 15.0 Å². The topological polar surface area (TPSA) is 66.0 Å². The molecule has 7 aromatic carbocycles. The molecule has 2 atom stereocenters. The molecule has 12 rings (SSSR count). The second kappa shape index (κ2) is 11.6. The van der Waals surface area contributed by atoms with Gasteiger partial charge in [-0.3, -0.25) is 0 Å². The van der Waals surface area contributed by atoms with Crippen LogP contribution in [0.25, 0.3) is 88.6 Å². The zero-order valence-electron chi connectivity index (χ0n) is 29.4. The van der Waals surface area contributed by atoms with Crippen LogP contribution in [0.4, 0.5) is 0 Å². The van der Waals surface area contributed by atoms with Gasteiger partial charge in [-0.05, 0) is 35.7 Å². The van der Waals surface area contributed by atoms with Gasteiger partial charge in [-0.1, -0.05) is 133 Å². The van der Waals surface area contributed by atoms with Crippen molar-refractivity contribution in [2.45, 2.75) is 12.0 Å². The summed E-state index contributed by atoms with van der Waals surface area (Å²) in [7, 11) is 0. The Morgan fingerprint density at radius 2 is 1.15 bits per heavy atom. The molecule has 4 heterocycles. The lowest BCUT2D eigenvalue weighted by atomic mass is 9.85. The standard InChI is InChI=1S/C49H30N4O2/c1-3-14-30(15-4-1)47-50-48(31-16-5-2-6-17-31)52-49(51-47)32-25-41(45-36-24-23-29-13-7-8-18-33(29)46(36)55-44(45)26-32)53-39-21-11-9-19-34(39)37-27-38-35-20-10-12-22-42(35)54-43(38)28-40(37)53/h1-28,44-45H. The molecular weight excluding hydrogens is 677 g/mol. The molecule has 6 nitrogen and oxygen atoms in total. The molecular formula is C49H30N4O2. The molecule has 0 bridgehead atoms. The molecule has 55 heavy (non-hydrogen) atoms. The summed E-state index contributed by atoms with van der Waals surface area (Å²) in [6, 6.07) is 54.6. The summed E-state index contributed by atoms with van der Waals surface area (Å²) >= 11 is 0. The molecule has 0 N–H and O–H groups in total. The molecule has 0 fully saturated rings. The summed E-state index contributed by atoms with van der Waals surface area (Å²) in [4.78, 5) is 15.3. The number of benzene rings is 7. The fourth-order valence-corrected chi connectivity index (χ4v) is 8.70. The predicted molar refractivity (Wildman–Crippen MR) is 221 cm³/mol. The van der Waals surface area contributed by atoms with E-state index in [0.717, 1.165) is 77.5 Å². The molecule has 1 aliphatic heterocycles. The Morgan fingerprint density at radius 1 is 0.491 bits per heavy atom. The monoisotopic (exact) mass is 706 g/mol. The number of fused-ring (bicyclic) bond motifs is 11. The highest BCUT2D eigenvalue weighted by Crippen LogP contribution is 2.52. The zero-order valence-corrected chi connectivity index (χ0v) is 29.4. The molecule has 0 radical (unpaired) electrons. The van der Waals surface area contributed by atoms with Crippen LogP contribution in [0.15, 0.2) is 174 Å². The van der Waals surface area contributed by atoms with Crippen LogP contribution in [0.3, 0.4) is 0 Å². The maximum absolute atomic E-state index is 7.05. The third-order valence-electron chi connectivity index (χ3n) is 11.2. The number of hydrogen-bond donors (Lipinski definition) is 0. The van der Waals surface area contributed by atoms with Crippen LogP contribution < -0.4 is 4.74 Å². The predicted octanol–water partition coefficient (Wildman–Crippen LogP) is 11.8. The maximum Gasteiger partial charge on any atom is 0.164 e. The normalized spacial score (nSPS) is 16.4. The Bertz CT molecular complexity index is 3190. The van der Waals surface area contributed by atoms with E-state index in [9.17, 15) is 0 Å². The van der Waals surface area contributed by atoms with Crippen molar-refractivity contribution in [3.8, 4) is 28.5 Å². The third-order valence-corrected chi connectivity index (χ3v) is 11.2. The summed E-state index contributed by atoms with van der Waals surface area (Å²) in [5, 5.41) is 6.81. The Morgan fingerprint density at radius 3 is 1.93 bits per heavy atom. The van der Waals surface area contributed by atoms with Crippen molar-refractivity contribution in [1.82, 2.24) is 19.5 Å². The summed E-state index contributed by atoms with van der Waals surface area (Å²) in [6.45, 7) is 0. The first kappa shape index (κ1) is 30.2. The largest absolute Gasteiger partial charge is 0.484 e. The molecule has 3 aromatic heterocycles. The van der Waals surface area contributed by atoms with E-state index in [1.54, 1.807) is 0 Å². The molecule has 258 valence electrons. The highest BCUT2D eigenvalue weighted by molar-refractivity contribution is 6.18. The van der Waals surface area contributed by atoms with Crippen LogP contribution in [0.2, 0.25) is 0 Å². The number of para-hydroxylation sites is 2. The molecule has 2 unspecified atom stereocenters. The number of hydrogen-bond acceptors (Lipinski definition) is 5. The number of furan rings is 1. The third kappa shape index (κ3) is 4.58. The van der Waals surface area contributed by atoms with Crippen LogP contribution in [0.5, 0.6) is 5.75 Å². The fraction of sp³-hybridized carbons (Fsp3) is 0.0408. The van der Waals surface area contributed by atoms with Crippen molar-refractivity contribution in [1.29, 1.82) is 0 Å². The Balaban J connectivity index is 1.15. The van der Waals surface area contributed by atoms with Gasteiger partial charge in [0.25, 0.3) is 0 Å². The van der Waals surface area contributed by atoms with Crippen molar-refractivity contribution < 1.29 is 9.15 Å². The Labute approximate surface area is 315 Å². The minimum atomic E-state index is -0.306. The second-order valence-corrected chi connectivity index (χ2v) is 14.3. The fourth-order valence-electron chi connectivity index (χ4n) is 8.70. The second-order valence-electron chi connectivity index (χ2n) is 14.3. The minimum Gasteiger partial charge on any atom is -0.484 e. The van der Waals surface area contributed by atoms with Crippen LogP contribution in [-0.4, -0.2) is 25.6 Å². The SMILES string of the molecule is C1=C(c2nc(-c3ccccc3)nc(-c3ccccc3)n2)C=C(n2c3ccccc3c3cc4c(cc32)oc2ccccc24)C2c3ccc4ccccc4c3OC12. The van der Waals surface area contributed by atoms with Crippen molar-refractivity contribution in [2.75, 3.05) is 0 Å². The van der Waals surface area contributed by atoms with Gasteiger partial charge in [0.1, 0.15) is 23.0 Å². The number of rotatable bonds is 4. The smallest absolute Gasteiger partial charge is 0.164 e. The average molecular weight is 707 g/mol. The molecule has 0 saturated heterocycles. The van der Waals surface area contributed by atoms with Gasteiger partial charge < -0.3 is 13.7 Å². The first-order chi connectivity index (χ1) is 27.2. The zero-order chi connectivity index (χ0) is 36.0. The van der Waals surface area contributed by atoms with Crippen LogP contribution in [0.1, 0.15) is 17.3 Å². The first-order valence-electron chi connectivity index (χ1n) is 18.6. The van der Waals surface area contributed by atoms with Gasteiger partial charge in [-0.2, -0.15) is 0 Å². The molecule has 2 aliphatic rings. The van der Waals surface area contributed by atoms with Gasteiger partial charge in [0.05, 0.1) is 17.0 Å². The molecule has 6 heteroatoms. The number of ether oxygens (including phenoxy) is 1. The molecule has 1 aliphatic carbocycles. The van der Waals surface area contributed by atoms with Crippen molar-refractivity contribution >= 4 is 65.8 Å². The number of aromatic nitrogens is 4. The lowest BCUT2D eigenvalue weighted by Crippen LogP contribution is -2.23.